The Kier molecular flexibility index (Phi) is 7.60. The Labute approximate surface area is 176 Å². The lowest BCUT2D eigenvalue weighted by Crippen LogP contribution is -2.58. The number of aliphatic hydroxyl groups is 1. The number of carbonyl (C=O) groups excluding carboxylic acids is 2. The highest BCUT2D eigenvalue weighted by atomic mass is 32.2. The summed E-state index contributed by atoms with van der Waals surface area (Å²) in [5, 5.41) is 13.8. The van der Waals surface area contributed by atoms with Gasteiger partial charge < -0.3 is 19.9 Å². The Hall–Kier alpha value is -1.57. The van der Waals surface area contributed by atoms with Crippen LogP contribution in [-0.4, -0.2) is 46.1 Å². The van der Waals surface area contributed by atoms with Gasteiger partial charge in [-0.2, -0.15) is 0 Å². The fraction of sp³-hybridized carbons (Fsp3) is 0.636. The van der Waals surface area contributed by atoms with Crippen molar-refractivity contribution in [1.82, 2.24) is 5.32 Å². The summed E-state index contributed by atoms with van der Waals surface area (Å²) in [6, 6.07) is -0.505. The lowest BCUT2D eigenvalue weighted by molar-refractivity contribution is -0.283. The first-order chi connectivity index (χ1) is 13.8. The van der Waals surface area contributed by atoms with Crippen LogP contribution < -0.4 is 5.32 Å². The van der Waals surface area contributed by atoms with Crippen molar-refractivity contribution < 1.29 is 24.2 Å². The molecular weight excluding hydrogens is 390 g/mol. The highest BCUT2D eigenvalue weighted by Gasteiger charge is 2.49. The van der Waals surface area contributed by atoms with Crippen LogP contribution in [-0.2, 0) is 14.3 Å². The average molecular weight is 422 g/mol. The molecule has 0 spiro atoms. The number of carbonyl (C=O) groups is 2. The van der Waals surface area contributed by atoms with Crippen LogP contribution in [0.4, 0.5) is 4.79 Å². The molecule has 0 radical (unpaired) electrons. The number of amides is 1. The molecule has 2 N–H and O–H groups in total. The lowest BCUT2D eigenvalue weighted by Gasteiger charge is -2.43. The van der Waals surface area contributed by atoms with E-state index in [9.17, 15) is 14.7 Å². The number of nitrogens with one attached hydrogen (secondary N) is 1. The van der Waals surface area contributed by atoms with Gasteiger partial charge in [-0.1, -0.05) is 48.6 Å². The van der Waals surface area contributed by atoms with E-state index in [4.69, 9.17) is 9.47 Å². The van der Waals surface area contributed by atoms with Crippen LogP contribution >= 0.6 is 11.8 Å². The molecule has 7 heteroatoms. The third kappa shape index (κ3) is 6.46. The maximum Gasteiger partial charge on any atom is 0.330 e. The smallest absolute Gasteiger partial charge is 0.330 e. The van der Waals surface area contributed by atoms with Gasteiger partial charge >= 0.3 is 5.97 Å². The zero-order valence-electron chi connectivity index (χ0n) is 17.1. The summed E-state index contributed by atoms with van der Waals surface area (Å²) in [5.74, 6) is -1.10. The van der Waals surface area contributed by atoms with Gasteiger partial charge in [-0.15, -0.1) is 0 Å². The summed E-state index contributed by atoms with van der Waals surface area (Å²) >= 11 is 1.14. The summed E-state index contributed by atoms with van der Waals surface area (Å²) in [5.41, 5.74) is 0.961. The molecular formula is C22H31NO5S. The van der Waals surface area contributed by atoms with E-state index in [1.165, 1.54) is 6.08 Å². The van der Waals surface area contributed by atoms with Crippen LogP contribution in [0.25, 0.3) is 0 Å². The van der Waals surface area contributed by atoms with E-state index in [1.54, 1.807) is 0 Å². The van der Waals surface area contributed by atoms with Crippen LogP contribution in [0, 0.1) is 5.92 Å². The molecule has 3 aliphatic heterocycles. The van der Waals surface area contributed by atoms with E-state index in [2.05, 4.69) is 30.5 Å². The summed E-state index contributed by atoms with van der Waals surface area (Å²) in [4.78, 5) is 24.0. The summed E-state index contributed by atoms with van der Waals surface area (Å²) in [7, 11) is 0. The van der Waals surface area contributed by atoms with Crippen molar-refractivity contribution in [2.45, 2.75) is 76.4 Å². The second-order valence-corrected chi connectivity index (χ2v) is 9.27. The van der Waals surface area contributed by atoms with Crippen molar-refractivity contribution in [3.8, 4) is 0 Å². The molecule has 0 saturated carbocycles. The van der Waals surface area contributed by atoms with Gasteiger partial charge in [0.15, 0.2) is 5.79 Å². The molecule has 5 atom stereocenters. The fourth-order valence-corrected chi connectivity index (χ4v) is 4.85. The van der Waals surface area contributed by atoms with Gasteiger partial charge in [0.25, 0.3) is 5.24 Å². The Bertz CT molecular complexity index is 703. The van der Waals surface area contributed by atoms with Crippen LogP contribution in [0.15, 0.2) is 36.0 Å². The minimum atomic E-state index is -1.53. The zero-order chi connectivity index (χ0) is 20.9. The Morgan fingerprint density at radius 1 is 1.24 bits per heavy atom. The van der Waals surface area contributed by atoms with E-state index in [0.717, 1.165) is 43.0 Å². The predicted octanol–water partition coefficient (Wildman–Crippen LogP) is 3.86. The molecule has 0 aromatic heterocycles. The van der Waals surface area contributed by atoms with Crippen LogP contribution in [0.2, 0.25) is 0 Å². The predicted molar refractivity (Wildman–Crippen MR) is 113 cm³/mol. The number of thioether (sulfide) groups is 1. The second-order valence-electron chi connectivity index (χ2n) is 8.28. The van der Waals surface area contributed by atoms with Gasteiger partial charge in [0.05, 0.1) is 12.1 Å². The molecule has 3 rings (SSSR count). The first-order valence-electron chi connectivity index (χ1n) is 10.4. The van der Waals surface area contributed by atoms with E-state index < -0.39 is 17.9 Å². The Balaban J connectivity index is 1.78. The van der Waals surface area contributed by atoms with E-state index in [-0.39, 0.29) is 23.7 Å². The SMILES string of the molecule is C/C1=C/C(=O)O[C@@H]2C[C@@H](CC[C@@H](C)/C=C\C=C\CC1)O[C@@](O)([C@@H]1CSC(=O)N1)C2. The van der Waals surface area contributed by atoms with Gasteiger partial charge in [-0.3, -0.25) is 4.79 Å². The largest absolute Gasteiger partial charge is 0.459 e. The van der Waals surface area contributed by atoms with Crippen molar-refractivity contribution in [3.05, 3.63) is 36.0 Å². The normalized spacial score (nSPS) is 41.0. The maximum absolute atomic E-state index is 12.4. The van der Waals surface area contributed by atoms with Gasteiger partial charge in [-0.05, 0) is 38.5 Å². The first kappa shape index (κ1) is 22.1. The van der Waals surface area contributed by atoms with Crippen molar-refractivity contribution in [3.63, 3.8) is 0 Å². The minimum absolute atomic E-state index is 0.159. The van der Waals surface area contributed by atoms with Crippen molar-refractivity contribution in [2.75, 3.05) is 5.75 Å². The average Bonchev–Trinajstić information content (AvgIpc) is 3.09. The number of fused-ring (bicyclic) bond motifs is 2. The van der Waals surface area contributed by atoms with Gasteiger partial charge in [0, 0.05) is 24.7 Å². The second kappa shape index (κ2) is 9.96. The van der Waals surface area contributed by atoms with E-state index in [1.807, 2.05) is 13.0 Å². The minimum Gasteiger partial charge on any atom is -0.459 e. The number of ether oxygens (including phenoxy) is 2. The molecule has 1 amide bonds. The highest BCUT2D eigenvalue weighted by molar-refractivity contribution is 8.14. The van der Waals surface area contributed by atoms with Crippen LogP contribution in [0.3, 0.4) is 0 Å². The van der Waals surface area contributed by atoms with E-state index >= 15 is 0 Å². The molecule has 2 bridgehead atoms. The van der Waals surface area contributed by atoms with Gasteiger partial charge in [0.1, 0.15) is 6.10 Å². The maximum atomic E-state index is 12.4. The van der Waals surface area contributed by atoms with Crippen LogP contribution in [0.1, 0.15) is 52.4 Å². The van der Waals surface area contributed by atoms with Gasteiger partial charge in [-0.25, -0.2) is 4.79 Å². The molecule has 2 saturated heterocycles. The van der Waals surface area contributed by atoms with Crippen molar-refractivity contribution >= 4 is 23.0 Å². The number of hydrogen-bond donors (Lipinski definition) is 2. The molecule has 160 valence electrons. The summed E-state index contributed by atoms with van der Waals surface area (Å²) in [6.45, 7) is 4.07. The van der Waals surface area contributed by atoms with Crippen molar-refractivity contribution in [2.24, 2.45) is 5.92 Å². The summed E-state index contributed by atoms with van der Waals surface area (Å²) < 4.78 is 11.8. The number of esters is 1. The number of rotatable bonds is 1. The standard InChI is InChI=1S/C22H31NO5S/c1-15-7-5-3-4-6-8-16(2)11-20(24)27-18-12-17(10-9-15)28-22(26,13-18)19-14-29-21(25)23-19/h3-5,7,11,15,17-19,26H,6,8-10,12-14H2,1-2H3,(H,23,25)/b4-3+,7-5-,16-11-/t15-,17+,18+,19-,22+/m0/s1. The lowest BCUT2D eigenvalue weighted by atomic mass is 9.90. The molecule has 0 unspecified atom stereocenters. The Morgan fingerprint density at radius 3 is 2.83 bits per heavy atom. The topological polar surface area (TPSA) is 84.9 Å². The molecule has 0 aliphatic carbocycles. The molecule has 29 heavy (non-hydrogen) atoms. The quantitative estimate of drug-likeness (QED) is 0.626. The fourth-order valence-electron chi connectivity index (χ4n) is 3.96. The molecule has 6 nitrogen and oxygen atoms in total. The molecule has 2 fully saturated rings. The highest BCUT2D eigenvalue weighted by Crippen LogP contribution is 2.36. The first-order valence-corrected chi connectivity index (χ1v) is 11.4. The molecule has 3 heterocycles. The van der Waals surface area contributed by atoms with E-state index in [0.29, 0.717) is 18.1 Å². The monoisotopic (exact) mass is 421 g/mol. The van der Waals surface area contributed by atoms with Gasteiger partial charge in [0.2, 0.25) is 0 Å². The molecule has 0 aromatic carbocycles. The van der Waals surface area contributed by atoms with Crippen LogP contribution in [0.5, 0.6) is 0 Å². The third-order valence-corrected chi connectivity index (χ3v) is 6.50. The molecule has 3 aliphatic rings. The van der Waals surface area contributed by atoms with Crippen molar-refractivity contribution in [1.29, 1.82) is 0 Å². The molecule has 0 aromatic rings. The number of hydrogen-bond acceptors (Lipinski definition) is 6. The number of allylic oxidation sites excluding steroid dienone is 5. The third-order valence-electron chi connectivity index (χ3n) is 5.62. The summed E-state index contributed by atoms with van der Waals surface area (Å²) in [6.07, 6.45) is 13.2. The zero-order valence-corrected chi connectivity index (χ0v) is 18.0. The Morgan fingerprint density at radius 2 is 2.07 bits per heavy atom.